The van der Waals surface area contributed by atoms with E-state index in [0.717, 1.165) is 15.8 Å². The number of carbonyl (C=O) groups is 1. The Bertz CT molecular complexity index is 757. The molecule has 3 N–H and O–H groups in total. The number of aliphatic hydroxyl groups excluding tert-OH is 1. The first-order chi connectivity index (χ1) is 10.6. The Morgan fingerprint density at radius 3 is 2.91 bits per heavy atom. The number of phenolic OH excluding ortho intramolecular Hbond substituents is 1. The summed E-state index contributed by atoms with van der Waals surface area (Å²) < 4.78 is 0.866. The lowest BCUT2D eigenvalue weighted by molar-refractivity contribution is -0.137. The van der Waals surface area contributed by atoms with Gasteiger partial charge in [-0.25, -0.2) is 9.78 Å². The lowest BCUT2D eigenvalue weighted by Crippen LogP contribution is -2.17. The van der Waals surface area contributed by atoms with Crippen LogP contribution in [0.5, 0.6) is 5.75 Å². The molecule has 0 radical (unpaired) electrons. The zero-order valence-corrected chi connectivity index (χ0v) is 13.2. The molecular formula is C14H14N2O4S2. The molecule has 2 aromatic rings. The number of carboxylic acid groups (broad SMARTS) is 1. The van der Waals surface area contributed by atoms with E-state index in [1.165, 1.54) is 23.1 Å². The highest BCUT2D eigenvalue weighted by atomic mass is 32.2. The van der Waals surface area contributed by atoms with Crippen LogP contribution >= 0.6 is 23.1 Å². The van der Waals surface area contributed by atoms with E-state index in [1.54, 1.807) is 12.1 Å². The number of rotatable bonds is 5. The molecule has 1 aromatic carbocycles. The van der Waals surface area contributed by atoms with Gasteiger partial charge < -0.3 is 15.3 Å². The highest BCUT2D eigenvalue weighted by Gasteiger charge is 2.27. The fourth-order valence-electron chi connectivity index (χ4n) is 2.24. The van der Waals surface area contributed by atoms with Crippen LogP contribution in [0.25, 0.3) is 10.2 Å². The van der Waals surface area contributed by atoms with Crippen molar-refractivity contribution in [3.63, 3.8) is 0 Å². The number of hydrogen-bond acceptors (Lipinski definition) is 7. The summed E-state index contributed by atoms with van der Waals surface area (Å²) in [6, 6.07) is 2.62. The summed E-state index contributed by atoms with van der Waals surface area (Å²) in [7, 11) is 0. The largest absolute Gasteiger partial charge is 0.508 e. The third-order valence-electron chi connectivity index (χ3n) is 3.34. The number of aliphatic carboxylic acids is 1. The summed E-state index contributed by atoms with van der Waals surface area (Å²) in [4.78, 5) is 19.7. The van der Waals surface area contributed by atoms with Gasteiger partial charge in [-0.2, -0.15) is 0 Å². The van der Waals surface area contributed by atoms with E-state index in [0.29, 0.717) is 28.6 Å². The van der Waals surface area contributed by atoms with Crippen LogP contribution in [-0.2, 0) is 11.2 Å². The summed E-state index contributed by atoms with van der Waals surface area (Å²) in [5.41, 5.74) is 1.53. The number of aromatic nitrogens is 1. The van der Waals surface area contributed by atoms with Crippen LogP contribution < -0.4 is 0 Å². The van der Waals surface area contributed by atoms with E-state index in [1.807, 2.05) is 0 Å². The molecule has 0 saturated carbocycles. The van der Waals surface area contributed by atoms with Crippen molar-refractivity contribution in [1.82, 2.24) is 4.98 Å². The van der Waals surface area contributed by atoms with Crippen molar-refractivity contribution in [3.8, 4) is 5.75 Å². The van der Waals surface area contributed by atoms with Gasteiger partial charge in [0.15, 0.2) is 6.04 Å². The van der Waals surface area contributed by atoms with Gasteiger partial charge in [-0.1, -0.05) is 0 Å². The molecule has 1 atom stereocenters. The molecule has 8 heteroatoms. The Morgan fingerprint density at radius 1 is 1.41 bits per heavy atom. The number of aliphatic imine (C=N–C) groups is 1. The van der Waals surface area contributed by atoms with E-state index in [2.05, 4.69) is 9.98 Å². The van der Waals surface area contributed by atoms with Crippen LogP contribution in [0.2, 0.25) is 0 Å². The van der Waals surface area contributed by atoms with Crippen LogP contribution in [0.4, 0.5) is 0 Å². The molecule has 2 heterocycles. The Kier molecular flexibility index (Phi) is 4.32. The Labute approximate surface area is 134 Å². The second kappa shape index (κ2) is 6.23. The smallest absolute Gasteiger partial charge is 0.329 e. The van der Waals surface area contributed by atoms with E-state index in [4.69, 9.17) is 10.2 Å². The molecule has 0 saturated heterocycles. The number of aliphatic hydroxyl groups is 1. The van der Waals surface area contributed by atoms with Crippen molar-refractivity contribution in [2.45, 2.75) is 18.9 Å². The summed E-state index contributed by atoms with van der Waals surface area (Å²) in [6.45, 7) is 0.0599. The van der Waals surface area contributed by atoms with Gasteiger partial charge in [-0.3, -0.25) is 4.99 Å². The second-order valence-corrected chi connectivity index (χ2v) is 6.86. The lowest BCUT2D eigenvalue weighted by atomic mass is 10.1. The number of hydrogen-bond donors (Lipinski definition) is 3. The van der Waals surface area contributed by atoms with E-state index < -0.39 is 12.0 Å². The summed E-state index contributed by atoms with van der Waals surface area (Å²) in [5.74, 6) is -0.311. The first-order valence-electron chi connectivity index (χ1n) is 6.76. The number of aromatic hydroxyl groups is 1. The summed E-state index contributed by atoms with van der Waals surface area (Å²) in [6.07, 6.45) is 1.13. The zero-order valence-electron chi connectivity index (χ0n) is 11.5. The van der Waals surface area contributed by atoms with E-state index >= 15 is 0 Å². The average molecular weight is 338 g/mol. The summed E-state index contributed by atoms with van der Waals surface area (Å²) in [5, 5.41) is 29.3. The first-order valence-corrected chi connectivity index (χ1v) is 8.56. The van der Waals surface area contributed by atoms with Gasteiger partial charge in [-0.15, -0.1) is 23.1 Å². The topological polar surface area (TPSA) is 103 Å². The quantitative estimate of drug-likeness (QED) is 0.769. The van der Waals surface area contributed by atoms with Gasteiger partial charge in [0.1, 0.15) is 15.8 Å². The molecule has 1 aliphatic rings. The number of phenols is 1. The number of thioether (sulfide) groups is 1. The second-order valence-electron chi connectivity index (χ2n) is 4.86. The van der Waals surface area contributed by atoms with Gasteiger partial charge in [-0.05, 0) is 25.0 Å². The van der Waals surface area contributed by atoms with E-state index in [9.17, 15) is 9.90 Å². The van der Waals surface area contributed by atoms with Crippen molar-refractivity contribution in [2.75, 3.05) is 12.4 Å². The van der Waals surface area contributed by atoms with Gasteiger partial charge in [0, 0.05) is 17.9 Å². The molecule has 0 amide bonds. The van der Waals surface area contributed by atoms with Crippen molar-refractivity contribution in [3.05, 3.63) is 22.7 Å². The predicted octanol–water partition coefficient (Wildman–Crippen LogP) is 1.87. The minimum atomic E-state index is -0.926. The van der Waals surface area contributed by atoms with Crippen LogP contribution in [0.3, 0.4) is 0 Å². The molecule has 0 bridgehead atoms. The number of fused-ring (bicyclic) bond motifs is 1. The molecule has 22 heavy (non-hydrogen) atoms. The maximum Gasteiger partial charge on any atom is 0.329 e. The monoisotopic (exact) mass is 338 g/mol. The third-order valence-corrected chi connectivity index (χ3v) is 5.66. The van der Waals surface area contributed by atoms with Gasteiger partial charge >= 0.3 is 5.97 Å². The van der Waals surface area contributed by atoms with Crippen molar-refractivity contribution >= 4 is 44.3 Å². The molecule has 0 spiro atoms. The van der Waals surface area contributed by atoms with Crippen LogP contribution in [0, 0.1) is 0 Å². The normalized spacial score (nSPS) is 17.9. The number of carboxylic acids is 1. The molecule has 1 aromatic heterocycles. The first kappa shape index (κ1) is 15.3. The summed E-state index contributed by atoms with van der Waals surface area (Å²) >= 11 is 2.79. The number of nitrogens with zero attached hydrogens (tertiary/aromatic N) is 2. The van der Waals surface area contributed by atoms with Crippen molar-refractivity contribution in [2.24, 2.45) is 4.99 Å². The Balaban J connectivity index is 2.00. The van der Waals surface area contributed by atoms with Crippen molar-refractivity contribution < 1.29 is 20.1 Å². The third kappa shape index (κ3) is 2.81. The molecule has 6 nitrogen and oxygen atoms in total. The minimum Gasteiger partial charge on any atom is -0.508 e. The fraction of sp³-hybridized carbons (Fsp3) is 0.357. The standard InChI is InChI=1S/C14H14N2O4S2/c17-5-1-2-7-10(18)4-3-8-11(7)22-13(15-8)12-16-9(6-21-12)14(19)20/h3-4,9,17-18H,1-2,5-6H2,(H,19,20). The van der Waals surface area contributed by atoms with Gasteiger partial charge in [0.2, 0.25) is 0 Å². The predicted molar refractivity (Wildman–Crippen MR) is 87.1 cm³/mol. The molecule has 0 aliphatic carbocycles. The molecule has 116 valence electrons. The molecular weight excluding hydrogens is 324 g/mol. The highest BCUT2D eigenvalue weighted by molar-refractivity contribution is 8.15. The average Bonchev–Trinajstić information content (AvgIpc) is 3.12. The fourth-order valence-corrected chi connectivity index (χ4v) is 4.47. The molecule has 3 rings (SSSR count). The SMILES string of the molecule is O=C(O)C1CSC(c2nc3ccc(O)c(CCCO)c3s2)=N1. The number of benzene rings is 1. The molecule has 1 aliphatic heterocycles. The van der Waals surface area contributed by atoms with Crippen LogP contribution in [0.15, 0.2) is 17.1 Å². The van der Waals surface area contributed by atoms with Crippen LogP contribution in [0.1, 0.15) is 17.0 Å². The minimum absolute atomic E-state index is 0.0599. The van der Waals surface area contributed by atoms with Gasteiger partial charge in [0.25, 0.3) is 0 Å². The van der Waals surface area contributed by atoms with Crippen LogP contribution in [-0.4, -0.2) is 49.7 Å². The maximum atomic E-state index is 11.0. The maximum absolute atomic E-state index is 11.0. The van der Waals surface area contributed by atoms with Gasteiger partial charge in [0.05, 0.1) is 10.2 Å². The van der Waals surface area contributed by atoms with Crippen molar-refractivity contribution in [1.29, 1.82) is 0 Å². The highest BCUT2D eigenvalue weighted by Crippen LogP contribution is 2.35. The molecule has 1 unspecified atom stereocenters. The molecule has 0 fully saturated rings. The Hall–Kier alpha value is -1.64. The lowest BCUT2D eigenvalue weighted by Gasteiger charge is -2.03. The number of aryl methyl sites for hydroxylation is 1. The van der Waals surface area contributed by atoms with E-state index in [-0.39, 0.29) is 12.4 Å². The Morgan fingerprint density at radius 2 is 2.23 bits per heavy atom. The number of thiazole rings is 1. The zero-order chi connectivity index (χ0) is 15.7.